The number of rotatable bonds is 12. The fourth-order valence-corrected chi connectivity index (χ4v) is 5.75. The van der Waals surface area contributed by atoms with Crippen molar-refractivity contribution in [1.82, 2.24) is 39.0 Å². The summed E-state index contributed by atoms with van der Waals surface area (Å²) >= 11 is 0. The Morgan fingerprint density at radius 2 is 1.17 bits per heavy atom. The number of nitrogen functional groups attached to an aromatic ring is 2. The van der Waals surface area contributed by atoms with Crippen molar-refractivity contribution in [1.29, 1.82) is 0 Å². The Hall–Kier alpha value is -3.04. The summed E-state index contributed by atoms with van der Waals surface area (Å²) in [5, 5.41) is 0. The molecule has 0 spiro atoms. The maximum Gasteiger partial charge on any atom is 0.360 e. The van der Waals surface area contributed by atoms with E-state index >= 15 is 0 Å². The van der Waals surface area contributed by atoms with E-state index in [9.17, 15) is 18.9 Å². The van der Waals surface area contributed by atoms with E-state index in [0.717, 1.165) is 0 Å². The predicted octanol–water partition coefficient (Wildman–Crippen LogP) is 0.166. The van der Waals surface area contributed by atoms with E-state index in [2.05, 4.69) is 34.2 Å². The topological polar surface area (TPSA) is 242 Å². The number of nitrogens with zero attached hydrogens (tertiary/aromatic N) is 8. The van der Waals surface area contributed by atoms with Gasteiger partial charge < -0.3 is 39.9 Å². The minimum Gasteiger partial charge on any atom is -0.382 e. The predicted molar refractivity (Wildman–Crippen MR) is 122 cm³/mol. The standard InChI is InChI=1S/C16H22N10O7P2/c17-13-11-15(21-5-19-13)25(7-23-11)1-3-31-9-34(27,28)33-35(29,30)10-32-4-2-26-8-24-12-14(18)20-6-22-16(12)26/h5-8H,1-4,9-10H2,(H,27,28)(H,29,30)(H2,17,19,21)(H2,18,20,22). The van der Waals surface area contributed by atoms with E-state index in [-0.39, 0.29) is 37.9 Å². The molecule has 2 atom stereocenters. The first kappa shape index (κ1) is 25.1. The van der Waals surface area contributed by atoms with Gasteiger partial charge in [-0.05, 0) is 0 Å². The van der Waals surface area contributed by atoms with E-state index in [4.69, 9.17) is 20.9 Å². The molecular weight excluding hydrogens is 506 g/mol. The van der Waals surface area contributed by atoms with Gasteiger partial charge in [-0.25, -0.2) is 34.2 Å². The molecule has 19 heteroatoms. The smallest absolute Gasteiger partial charge is 0.360 e. The van der Waals surface area contributed by atoms with Gasteiger partial charge in [-0.3, -0.25) is 9.13 Å². The molecule has 0 aliphatic rings. The number of fused-ring (bicyclic) bond motifs is 2. The zero-order chi connectivity index (χ0) is 25.1. The minimum absolute atomic E-state index is 0.0254. The number of anilines is 2. The summed E-state index contributed by atoms with van der Waals surface area (Å²) in [7, 11) is -9.09. The molecular formula is C16H22N10O7P2. The van der Waals surface area contributed by atoms with Gasteiger partial charge in [0, 0.05) is 13.1 Å². The molecule has 0 aromatic carbocycles. The van der Waals surface area contributed by atoms with E-state index in [0.29, 0.717) is 22.3 Å². The number of aromatic nitrogens is 8. The molecule has 0 radical (unpaired) electrons. The highest BCUT2D eigenvalue weighted by Crippen LogP contribution is 2.59. The van der Waals surface area contributed by atoms with Crippen molar-refractivity contribution in [3.8, 4) is 0 Å². The third-order valence-corrected chi connectivity index (χ3v) is 7.64. The molecule has 4 aromatic rings. The molecule has 4 heterocycles. The zero-order valence-corrected chi connectivity index (χ0v) is 19.9. The van der Waals surface area contributed by atoms with Crippen LogP contribution in [-0.2, 0) is 36.0 Å². The Balaban J connectivity index is 1.20. The van der Waals surface area contributed by atoms with Crippen molar-refractivity contribution in [2.45, 2.75) is 13.1 Å². The summed E-state index contributed by atoms with van der Waals surface area (Å²) in [6.45, 7) is 0.406. The quantitative estimate of drug-likeness (QED) is 0.141. The molecule has 0 aliphatic carbocycles. The van der Waals surface area contributed by atoms with Gasteiger partial charge in [0.15, 0.2) is 22.9 Å². The average molecular weight is 528 g/mol. The number of ether oxygens (including phenoxy) is 2. The van der Waals surface area contributed by atoms with Crippen molar-refractivity contribution in [2.75, 3.05) is 37.4 Å². The summed E-state index contributed by atoms with van der Waals surface area (Å²) < 4.78 is 42.4. The molecule has 17 nitrogen and oxygen atoms in total. The molecule has 6 N–H and O–H groups in total. The zero-order valence-electron chi connectivity index (χ0n) is 18.1. The van der Waals surface area contributed by atoms with Crippen LogP contribution in [0.4, 0.5) is 11.6 Å². The Morgan fingerprint density at radius 3 is 1.60 bits per heavy atom. The molecule has 35 heavy (non-hydrogen) atoms. The van der Waals surface area contributed by atoms with Gasteiger partial charge in [0.05, 0.1) is 25.9 Å². The molecule has 2 unspecified atom stereocenters. The molecule has 4 aromatic heterocycles. The lowest BCUT2D eigenvalue weighted by Gasteiger charge is -2.17. The maximum absolute atomic E-state index is 12.2. The Kier molecular flexibility index (Phi) is 7.37. The van der Waals surface area contributed by atoms with E-state index in [1.807, 2.05) is 0 Å². The van der Waals surface area contributed by atoms with Crippen LogP contribution in [0.25, 0.3) is 22.3 Å². The Morgan fingerprint density at radius 1 is 0.743 bits per heavy atom. The van der Waals surface area contributed by atoms with Gasteiger partial charge >= 0.3 is 15.2 Å². The third kappa shape index (κ3) is 6.15. The Bertz CT molecular complexity index is 1320. The SMILES string of the molecule is Nc1ncnc2c1ncn2CCOCP(=O)(O)OP(=O)(O)COCCn1cnc2c(N)ncnc21. The minimum atomic E-state index is -4.54. The second-order valence-electron chi connectivity index (χ2n) is 7.17. The fourth-order valence-electron chi connectivity index (χ4n) is 3.06. The fraction of sp³-hybridized carbons (Fsp3) is 0.375. The molecule has 188 valence electrons. The van der Waals surface area contributed by atoms with Crippen molar-refractivity contribution in [2.24, 2.45) is 0 Å². The summed E-state index contributed by atoms with van der Waals surface area (Å²) in [4.78, 5) is 43.8. The molecule has 0 amide bonds. The number of nitrogens with two attached hydrogens (primary N) is 2. The second-order valence-corrected chi connectivity index (χ2v) is 10.9. The lowest BCUT2D eigenvalue weighted by atomic mass is 10.5. The first-order valence-corrected chi connectivity index (χ1v) is 13.5. The summed E-state index contributed by atoms with van der Waals surface area (Å²) in [5.41, 5.74) is 13.2. The molecule has 0 saturated carbocycles. The second kappa shape index (κ2) is 10.3. The van der Waals surface area contributed by atoms with Gasteiger partial charge in [0.25, 0.3) is 0 Å². The Labute approximate surface area is 197 Å². The number of hydrogen-bond donors (Lipinski definition) is 4. The van der Waals surface area contributed by atoms with Crippen LogP contribution in [0.1, 0.15) is 0 Å². The van der Waals surface area contributed by atoms with Crippen molar-refractivity contribution in [3.05, 3.63) is 25.3 Å². The first-order chi connectivity index (χ1) is 16.7. The van der Waals surface area contributed by atoms with Gasteiger partial charge in [-0.2, -0.15) is 0 Å². The molecule has 0 fully saturated rings. The largest absolute Gasteiger partial charge is 0.382 e. The lowest BCUT2D eigenvalue weighted by molar-refractivity contribution is 0.138. The van der Waals surface area contributed by atoms with Crippen LogP contribution in [-0.4, -0.2) is 74.7 Å². The number of imidazole rings is 2. The van der Waals surface area contributed by atoms with Crippen LogP contribution in [0.15, 0.2) is 25.3 Å². The molecule has 4 rings (SSSR count). The van der Waals surface area contributed by atoms with Gasteiger partial charge in [0.1, 0.15) is 36.4 Å². The first-order valence-electron chi connectivity index (χ1n) is 9.98. The highest BCUT2D eigenvalue weighted by atomic mass is 31.3. The van der Waals surface area contributed by atoms with Crippen LogP contribution < -0.4 is 11.5 Å². The average Bonchev–Trinajstić information content (AvgIpc) is 3.40. The lowest BCUT2D eigenvalue weighted by Crippen LogP contribution is -2.09. The molecule has 0 aliphatic heterocycles. The van der Waals surface area contributed by atoms with Crippen molar-refractivity contribution in [3.63, 3.8) is 0 Å². The van der Waals surface area contributed by atoms with Crippen LogP contribution >= 0.6 is 15.2 Å². The highest BCUT2D eigenvalue weighted by molar-refractivity contribution is 7.66. The van der Waals surface area contributed by atoms with E-state index in [1.54, 1.807) is 9.13 Å². The van der Waals surface area contributed by atoms with Crippen LogP contribution in [0.5, 0.6) is 0 Å². The maximum atomic E-state index is 12.2. The van der Waals surface area contributed by atoms with Gasteiger partial charge in [-0.15, -0.1) is 0 Å². The summed E-state index contributed by atoms with van der Waals surface area (Å²) in [5.74, 6) is 0.446. The molecule has 0 bridgehead atoms. The normalized spacial score (nSPS) is 15.4. The van der Waals surface area contributed by atoms with Crippen LogP contribution in [0, 0.1) is 0 Å². The van der Waals surface area contributed by atoms with Gasteiger partial charge in [0.2, 0.25) is 0 Å². The third-order valence-electron chi connectivity index (χ3n) is 4.58. The van der Waals surface area contributed by atoms with E-state index < -0.39 is 27.9 Å². The van der Waals surface area contributed by atoms with E-state index in [1.165, 1.54) is 25.3 Å². The van der Waals surface area contributed by atoms with Crippen molar-refractivity contribution >= 4 is 49.2 Å². The van der Waals surface area contributed by atoms with Crippen LogP contribution in [0.3, 0.4) is 0 Å². The van der Waals surface area contributed by atoms with Gasteiger partial charge in [-0.1, -0.05) is 0 Å². The van der Waals surface area contributed by atoms with Crippen LogP contribution in [0.2, 0.25) is 0 Å². The molecule has 0 saturated heterocycles. The summed E-state index contributed by atoms with van der Waals surface area (Å²) in [6, 6.07) is 0. The monoisotopic (exact) mass is 528 g/mol. The summed E-state index contributed by atoms with van der Waals surface area (Å²) in [6.07, 6.45) is 3.92. The highest BCUT2D eigenvalue weighted by Gasteiger charge is 2.32. The number of hydrogen-bond acceptors (Lipinski definition) is 13. The van der Waals surface area contributed by atoms with Crippen molar-refractivity contribution < 1.29 is 32.7 Å².